The van der Waals surface area contributed by atoms with Gasteiger partial charge in [0.2, 0.25) is 0 Å². The van der Waals surface area contributed by atoms with Gasteiger partial charge in [-0.05, 0) is 13.8 Å². The van der Waals surface area contributed by atoms with Crippen molar-refractivity contribution >= 4 is 27.1 Å². The first kappa shape index (κ1) is 23.9. The molecule has 108 valence electrons. The minimum atomic E-state index is -4.47. The van der Waals surface area contributed by atoms with Gasteiger partial charge in [-0.1, -0.05) is 0 Å². The maximum Gasteiger partial charge on any atom is 2.00 e. The van der Waals surface area contributed by atoms with Gasteiger partial charge in [0.15, 0.2) is 0 Å². The van der Waals surface area contributed by atoms with E-state index in [0.29, 0.717) is 0 Å². The first-order valence-corrected chi connectivity index (χ1v) is 7.59. The molecule has 0 rings (SSSR count). The number of hydrogen-bond donors (Lipinski definition) is 4. The maximum absolute atomic E-state index is 10.0. The summed E-state index contributed by atoms with van der Waals surface area (Å²) in [6, 6.07) is 0. The zero-order valence-electron chi connectivity index (χ0n) is 9.99. The van der Waals surface area contributed by atoms with Crippen LogP contribution >= 0.6 is 15.2 Å². The third kappa shape index (κ3) is 11.4. The number of hydrogen-bond acceptors (Lipinski definition) is 6. The molecule has 0 aliphatic heterocycles. The Hall–Kier alpha value is -0.137. The average molecular weight is 371 g/mol. The van der Waals surface area contributed by atoms with Crippen molar-refractivity contribution in [3.8, 4) is 0 Å². The van der Waals surface area contributed by atoms with Crippen LogP contribution in [-0.2, 0) is 38.2 Å². The third-order valence-electron chi connectivity index (χ3n) is 1.69. The Morgan fingerprint density at radius 2 is 1.00 bits per heavy atom. The Kier molecular flexibility index (Phi) is 11.2. The van der Waals surface area contributed by atoms with Gasteiger partial charge in [-0.15, -0.1) is 0 Å². The maximum atomic E-state index is 10.0. The molecule has 13 heteroatoms. The summed E-state index contributed by atoms with van der Waals surface area (Å²) in [5.41, 5.74) is -3.42. The molecule has 4 N–H and O–H groups in total. The summed E-state index contributed by atoms with van der Waals surface area (Å²) in [6.45, 7) is 1.80. The molecule has 0 saturated heterocycles. The summed E-state index contributed by atoms with van der Waals surface area (Å²) in [7, 11) is -8.95. The molecule has 0 aromatic heterocycles. The van der Waals surface area contributed by atoms with Crippen molar-refractivity contribution in [3.63, 3.8) is 0 Å². The molecule has 0 spiro atoms. The number of rotatable bonds is 4. The van der Waals surface area contributed by atoms with Crippen molar-refractivity contribution in [3.05, 3.63) is 0 Å². The zero-order valence-corrected chi connectivity index (χ0v) is 14.8. The topological polar surface area (TPSA) is 195 Å². The van der Waals surface area contributed by atoms with Gasteiger partial charge in [0.1, 0.15) is 0 Å². The van der Waals surface area contributed by atoms with Gasteiger partial charge in [0.05, 0.1) is 23.3 Å². The molecule has 0 radical (unpaired) electrons. The third-order valence-corrected chi connectivity index (χ3v) is 4.13. The second kappa shape index (κ2) is 8.92. The molecular weight excluding hydrogens is 359 g/mol. The quantitative estimate of drug-likeness (QED) is 0.285. The second-order valence-corrected chi connectivity index (χ2v) is 7.07. The van der Waals surface area contributed by atoms with Gasteiger partial charge in [-0.25, -0.2) is 0 Å². The van der Waals surface area contributed by atoms with E-state index < -0.39 is 38.4 Å². The minimum absolute atomic E-state index is 0. The van der Waals surface area contributed by atoms with E-state index in [4.69, 9.17) is 19.6 Å². The summed E-state index contributed by atoms with van der Waals surface area (Å²) in [5, 5.41) is 19.5. The summed E-state index contributed by atoms with van der Waals surface area (Å²) >= 11 is 0. The van der Waals surface area contributed by atoms with Gasteiger partial charge < -0.3 is 39.4 Å². The molecule has 0 aromatic carbocycles. The van der Waals surface area contributed by atoms with Crippen molar-refractivity contribution in [2.24, 2.45) is 0 Å². The van der Waals surface area contributed by atoms with E-state index in [9.17, 15) is 28.9 Å². The van der Waals surface area contributed by atoms with Crippen LogP contribution in [0, 0.1) is 0 Å². The predicted octanol–water partition coefficient (Wildman–Crippen LogP) is -3.40. The molecule has 19 heavy (non-hydrogen) atoms. The van der Waals surface area contributed by atoms with Gasteiger partial charge in [-0.2, -0.15) is 0 Å². The Bertz CT molecular complexity index is 359. The van der Waals surface area contributed by atoms with Gasteiger partial charge in [0.25, 0.3) is 0 Å². The minimum Gasteiger partial charge on any atom is -0.549 e. The average Bonchev–Trinajstić information content (AvgIpc) is 2.13. The zero-order chi connectivity index (χ0) is 15.3. The van der Waals surface area contributed by atoms with Gasteiger partial charge in [-0.3, -0.25) is 9.13 Å². The smallest absolute Gasteiger partial charge is 0.549 e. The van der Waals surface area contributed by atoms with E-state index in [1.807, 2.05) is 0 Å². The summed E-state index contributed by atoms with van der Waals surface area (Å²) in [5.74, 6) is -3.47. The number of carbonyl (C=O) groups is 2. The molecule has 0 amide bonds. The van der Waals surface area contributed by atoms with Crippen LogP contribution in [0.5, 0.6) is 0 Å². The first-order chi connectivity index (χ1) is 7.71. The van der Waals surface area contributed by atoms with Crippen LogP contribution < -0.4 is 10.2 Å². The van der Waals surface area contributed by atoms with Crippen LogP contribution in [0.25, 0.3) is 0 Å². The molecular formula is C6H12O10P2Zn. The van der Waals surface area contributed by atoms with E-state index in [-0.39, 0.29) is 19.5 Å². The largest absolute Gasteiger partial charge is 2.00 e. The standard InChI is InChI=1S/2C3H7O5P.Zn/c2*1-2(3(4)5)9(6,7)8;/h2*2H,1H3,(H,4,5)(H2,6,7,8);/q;;+2/p-2. The van der Waals surface area contributed by atoms with E-state index in [1.165, 1.54) is 0 Å². The Morgan fingerprint density at radius 1 is 0.842 bits per heavy atom. The van der Waals surface area contributed by atoms with Crippen LogP contribution in [-0.4, -0.2) is 42.8 Å². The van der Waals surface area contributed by atoms with E-state index in [2.05, 4.69) is 0 Å². The molecule has 2 unspecified atom stereocenters. The number of carboxylic acids is 2. The molecule has 0 aliphatic rings. The van der Waals surface area contributed by atoms with Crippen molar-refractivity contribution in [2.75, 3.05) is 0 Å². The normalized spacial score (nSPS) is 14.2. The van der Waals surface area contributed by atoms with Crippen LogP contribution in [0.15, 0.2) is 0 Å². The molecule has 10 nitrogen and oxygen atoms in total. The molecule has 0 aromatic rings. The Balaban J connectivity index is -0.000000256. The molecule has 0 heterocycles. The van der Waals surface area contributed by atoms with Crippen molar-refractivity contribution in [1.82, 2.24) is 0 Å². The van der Waals surface area contributed by atoms with Crippen LogP contribution in [0.4, 0.5) is 0 Å². The summed E-state index contributed by atoms with van der Waals surface area (Å²) < 4.78 is 20.1. The second-order valence-electron chi connectivity index (χ2n) is 3.17. The van der Waals surface area contributed by atoms with Crippen LogP contribution in [0.2, 0.25) is 0 Å². The summed E-state index contributed by atoms with van der Waals surface area (Å²) in [6.07, 6.45) is 0. The molecule has 0 bridgehead atoms. The monoisotopic (exact) mass is 370 g/mol. The van der Waals surface area contributed by atoms with Crippen LogP contribution in [0.1, 0.15) is 13.8 Å². The van der Waals surface area contributed by atoms with E-state index in [1.54, 1.807) is 0 Å². The summed E-state index contributed by atoms with van der Waals surface area (Å²) in [4.78, 5) is 52.1. The fourth-order valence-corrected chi connectivity index (χ4v) is 0.824. The number of carboxylic acid groups (broad SMARTS) is 2. The molecule has 0 aliphatic carbocycles. The molecule has 0 saturated carbocycles. The Labute approximate surface area is 120 Å². The number of carbonyl (C=O) groups excluding carboxylic acids is 2. The first-order valence-electron chi connectivity index (χ1n) is 4.23. The fraction of sp³-hybridized carbons (Fsp3) is 0.667. The fourth-order valence-electron chi connectivity index (χ4n) is 0.275. The van der Waals surface area contributed by atoms with E-state index in [0.717, 1.165) is 13.8 Å². The van der Waals surface area contributed by atoms with Gasteiger partial charge >= 0.3 is 34.7 Å². The SMILES string of the molecule is CC(C(=O)[O-])P(=O)(O)O.CC(C(=O)[O-])P(=O)(O)O.[Zn+2]. The van der Waals surface area contributed by atoms with Crippen molar-refractivity contribution in [2.45, 2.75) is 25.2 Å². The van der Waals surface area contributed by atoms with Crippen molar-refractivity contribution in [1.29, 1.82) is 0 Å². The van der Waals surface area contributed by atoms with Crippen molar-refractivity contribution < 1.29 is 68.0 Å². The predicted molar refractivity (Wildman–Crippen MR) is 53.0 cm³/mol. The Morgan fingerprint density at radius 3 is 1.00 bits per heavy atom. The van der Waals surface area contributed by atoms with Crippen LogP contribution in [0.3, 0.4) is 0 Å². The number of aliphatic carboxylic acids is 2. The molecule has 2 atom stereocenters. The van der Waals surface area contributed by atoms with E-state index >= 15 is 0 Å². The van der Waals surface area contributed by atoms with Gasteiger partial charge in [0, 0.05) is 0 Å². The molecule has 0 fully saturated rings.